The van der Waals surface area contributed by atoms with E-state index in [1.165, 1.54) is 21.3 Å². The largest absolute Gasteiger partial charge is 0.493 e. The monoisotopic (exact) mass is 461 g/mol. The molecule has 0 bridgehead atoms. The molecule has 0 aliphatic heterocycles. The van der Waals surface area contributed by atoms with Crippen LogP contribution in [0.4, 0.5) is 34.9 Å². The van der Waals surface area contributed by atoms with E-state index >= 15 is 0 Å². The number of hydrogen-bond donors (Lipinski definition) is 4. The average Bonchev–Trinajstić information content (AvgIpc) is 2.73. The molecular weight excluding hydrogens is 438 g/mol. The molecule has 0 radical (unpaired) electrons. The Morgan fingerprint density at radius 3 is 1.94 bits per heavy atom. The van der Waals surface area contributed by atoms with Crippen LogP contribution in [0.25, 0.3) is 0 Å². The van der Waals surface area contributed by atoms with Crippen molar-refractivity contribution in [1.82, 2.24) is 15.0 Å². The van der Waals surface area contributed by atoms with Gasteiger partial charge in [0.25, 0.3) is 0 Å². The molecule has 0 aliphatic carbocycles. The second-order valence-electron chi connectivity index (χ2n) is 6.42. The highest BCUT2D eigenvalue weighted by Crippen LogP contribution is 2.40. The third kappa shape index (κ3) is 5.57. The summed E-state index contributed by atoms with van der Waals surface area (Å²) in [5.74, 6) is 1.52. The van der Waals surface area contributed by atoms with Gasteiger partial charge in [-0.05, 0) is 12.1 Å². The van der Waals surface area contributed by atoms with E-state index in [1.54, 1.807) is 36.4 Å². The highest BCUT2D eigenvalue weighted by atomic mass is 32.2. The van der Waals surface area contributed by atoms with Gasteiger partial charge in [0.05, 0.1) is 39.0 Å². The molecular formula is C19H23N7O5S. The zero-order valence-corrected chi connectivity index (χ0v) is 18.6. The van der Waals surface area contributed by atoms with Crippen LogP contribution < -0.4 is 35.3 Å². The van der Waals surface area contributed by atoms with Gasteiger partial charge in [-0.2, -0.15) is 15.0 Å². The van der Waals surface area contributed by atoms with Crippen LogP contribution in [0.3, 0.4) is 0 Å². The van der Waals surface area contributed by atoms with Crippen LogP contribution in [0.1, 0.15) is 0 Å². The summed E-state index contributed by atoms with van der Waals surface area (Å²) < 4.78 is 41.7. The lowest BCUT2D eigenvalue weighted by Gasteiger charge is -2.15. The second kappa shape index (κ2) is 9.43. The number of para-hydroxylation sites is 2. The van der Waals surface area contributed by atoms with Gasteiger partial charge in [-0.3, -0.25) is 4.72 Å². The molecule has 0 amide bonds. The van der Waals surface area contributed by atoms with E-state index < -0.39 is 10.0 Å². The van der Waals surface area contributed by atoms with Crippen molar-refractivity contribution in [2.24, 2.45) is 0 Å². The summed E-state index contributed by atoms with van der Waals surface area (Å²) in [5.41, 5.74) is 7.15. The molecule has 0 spiro atoms. The van der Waals surface area contributed by atoms with Crippen molar-refractivity contribution in [1.29, 1.82) is 0 Å². The van der Waals surface area contributed by atoms with Gasteiger partial charge in [-0.1, -0.05) is 12.1 Å². The fraction of sp³-hybridized carbons (Fsp3) is 0.211. The first-order valence-corrected chi connectivity index (χ1v) is 11.0. The molecule has 5 N–H and O–H groups in total. The number of nitrogens with two attached hydrogens (primary N) is 1. The number of ether oxygens (including phenoxy) is 3. The van der Waals surface area contributed by atoms with Crippen molar-refractivity contribution in [3.8, 4) is 17.2 Å². The highest BCUT2D eigenvalue weighted by molar-refractivity contribution is 7.92. The molecule has 170 valence electrons. The SMILES string of the molecule is COc1cc(Nc2nc(N)nc(Nc3ccccc3NS(C)(=O)=O)n2)cc(OC)c1OC. The molecule has 0 unspecified atom stereocenters. The summed E-state index contributed by atoms with van der Waals surface area (Å²) in [6.07, 6.45) is 1.06. The Morgan fingerprint density at radius 1 is 0.844 bits per heavy atom. The smallest absolute Gasteiger partial charge is 0.233 e. The number of nitrogen functional groups attached to an aromatic ring is 1. The number of benzene rings is 2. The van der Waals surface area contributed by atoms with E-state index in [-0.39, 0.29) is 17.8 Å². The fourth-order valence-electron chi connectivity index (χ4n) is 2.79. The lowest BCUT2D eigenvalue weighted by Crippen LogP contribution is -2.12. The molecule has 0 aliphatic rings. The number of hydrogen-bond acceptors (Lipinski definition) is 11. The van der Waals surface area contributed by atoms with Gasteiger partial charge in [-0.25, -0.2) is 8.42 Å². The van der Waals surface area contributed by atoms with E-state index in [2.05, 4.69) is 30.3 Å². The Kier molecular flexibility index (Phi) is 6.68. The van der Waals surface area contributed by atoms with Crippen LogP contribution in [-0.4, -0.2) is 51.0 Å². The molecule has 0 saturated carbocycles. The third-order valence-corrected chi connectivity index (χ3v) is 4.63. The van der Waals surface area contributed by atoms with Gasteiger partial charge in [0, 0.05) is 17.8 Å². The van der Waals surface area contributed by atoms with Crippen molar-refractivity contribution in [2.45, 2.75) is 0 Å². The summed E-state index contributed by atoms with van der Waals surface area (Å²) in [6.45, 7) is 0. The Morgan fingerprint density at radius 2 is 1.41 bits per heavy atom. The number of methoxy groups -OCH3 is 3. The van der Waals surface area contributed by atoms with Crippen molar-refractivity contribution in [3.05, 3.63) is 36.4 Å². The van der Waals surface area contributed by atoms with Gasteiger partial charge in [0.15, 0.2) is 11.5 Å². The normalized spacial score (nSPS) is 10.9. The molecule has 1 heterocycles. The van der Waals surface area contributed by atoms with Crippen LogP contribution in [0.5, 0.6) is 17.2 Å². The zero-order valence-electron chi connectivity index (χ0n) is 17.8. The average molecular weight is 462 g/mol. The standard InChI is InChI=1S/C19H23N7O5S/c1-29-14-9-11(10-15(30-2)16(14)31-3)21-18-23-17(20)24-19(25-18)22-12-7-5-6-8-13(12)26-32(4,27)28/h5-10,26H,1-4H3,(H4,20,21,22,23,24,25). The molecule has 0 saturated heterocycles. The second-order valence-corrected chi connectivity index (χ2v) is 8.17. The summed E-state index contributed by atoms with van der Waals surface area (Å²) in [7, 11) is 1.04. The van der Waals surface area contributed by atoms with Gasteiger partial charge >= 0.3 is 0 Å². The molecule has 32 heavy (non-hydrogen) atoms. The molecule has 13 heteroatoms. The first-order valence-electron chi connectivity index (χ1n) is 9.15. The fourth-order valence-corrected chi connectivity index (χ4v) is 3.37. The van der Waals surface area contributed by atoms with Crippen LogP contribution in [0, 0.1) is 0 Å². The number of nitrogens with zero attached hydrogens (tertiary/aromatic N) is 3. The van der Waals surface area contributed by atoms with E-state index in [4.69, 9.17) is 19.9 Å². The minimum Gasteiger partial charge on any atom is -0.493 e. The molecule has 12 nitrogen and oxygen atoms in total. The lowest BCUT2D eigenvalue weighted by molar-refractivity contribution is 0.324. The first-order chi connectivity index (χ1) is 15.2. The Balaban J connectivity index is 1.91. The Hall–Kier alpha value is -4.00. The number of sulfonamides is 1. The summed E-state index contributed by atoms with van der Waals surface area (Å²) in [5, 5.41) is 5.96. The van der Waals surface area contributed by atoms with E-state index in [1.807, 2.05) is 0 Å². The van der Waals surface area contributed by atoms with Crippen molar-refractivity contribution in [2.75, 3.05) is 48.7 Å². The topological polar surface area (TPSA) is 163 Å². The maximum Gasteiger partial charge on any atom is 0.233 e. The Bertz CT molecular complexity index is 1200. The summed E-state index contributed by atoms with van der Waals surface area (Å²) in [6, 6.07) is 10.1. The van der Waals surface area contributed by atoms with Crippen LogP contribution in [0.15, 0.2) is 36.4 Å². The maximum atomic E-state index is 11.6. The highest BCUT2D eigenvalue weighted by Gasteiger charge is 2.15. The first kappa shape index (κ1) is 22.7. The summed E-state index contributed by atoms with van der Waals surface area (Å²) >= 11 is 0. The predicted octanol–water partition coefficient (Wildman–Crippen LogP) is 2.34. The Labute approximate surface area is 185 Å². The molecule has 1 aromatic heterocycles. The van der Waals surface area contributed by atoms with E-state index in [9.17, 15) is 8.42 Å². The number of anilines is 6. The quantitative estimate of drug-likeness (QED) is 0.370. The van der Waals surface area contributed by atoms with Gasteiger partial charge in [0.1, 0.15) is 0 Å². The minimum absolute atomic E-state index is 0.0500. The zero-order chi connectivity index (χ0) is 23.3. The number of nitrogens with one attached hydrogen (secondary N) is 3. The predicted molar refractivity (Wildman–Crippen MR) is 122 cm³/mol. The molecule has 2 aromatic carbocycles. The van der Waals surface area contributed by atoms with Crippen molar-refractivity contribution >= 4 is 44.9 Å². The van der Waals surface area contributed by atoms with E-state index in [0.29, 0.717) is 34.3 Å². The third-order valence-electron chi connectivity index (χ3n) is 4.04. The van der Waals surface area contributed by atoms with Gasteiger partial charge in [0.2, 0.25) is 33.6 Å². The molecule has 0 fully saturated rings. The van der Waals surface area contributed by atoms with Gasteiger partial charge < -0.3 is 30.6 Å². The minimum atomic E-state index is -3.48. The molecule has 3 aromatic rings. The molecule has 0 atom stereocenters. The summed E-state index contributed by atoms with van der Waals surface area (Å²) in [4.78, 5) is 12.4. The lowest BCUT2D eigenvalue weighted by atomic mass is 10.2. The van der Waals surface area contributed by atoms with Crippen molar-refractivity contribution in [3.63, 3.8) is 0 Å². The van der Waals surface area contributed by atoms with Crippen LogP contribution in [0.2, 0.25) is 0 Å². The van der Waals surface area contributed by atoms with Gasteiger partial charge in [-0.15, -0.1) is 0 Å². The number of rotatable bonds is 9. The van der Waals surface area contributed by atoms with Crippen molar-refractivity contribution < 1.29 is 22.6 Å². The number of aromatic nitrogens is 3. The molecule has 3 rings (SSSR count). The van der Waals surface area contributed by atoms with Crippen LogP contribution >= 0.6 is 0 Å². The maximum absolute atomic E-state index is 11.6. The van der Waals surface area contributed by atoms with Crippen LogP contribution in [-0.2, 0) is 10.0 Å². The van der Waals surface area contributed by atoms with E-state index in [0.717, 1.165) is 6.26 Å².